The van der Waals surface area contributed by atoms with Crippen LogP contribution in [0.15, 0.2) is 64.4 Å². The number of nitrogens with one attached hydrogen (secondary N) is 1. The summed E-state index contributed by atoms with van der Waals surface area (Å²) in [6.07, 6.45) is 3.16. The number of rotatable bonds is 7. The third-order valence-electron chi connectivity index (χ3n) is 5.86. The maximum absolute atomic E-state index is 12.7. The van der Waals surface area contributed by atoms with Gasteiger partial charge >= 0.3 is 5.69 Å². The van der Waals surface area contributed by atoms with Crippen molar-refractivity contribution in [2.75, 3.05) is 0 Å². The van der Waals surface area contributed by atoms with Crippen molar-refractivity contribution in [3.8, 4) is 16.8 Å². The molecule has 0 saturated heterocycles. The lowest BCUT2D eigenvalue weighted by Crippen LogP contribution is -2.30. The fraction of sp³-hybridized carbons (Fsp3) is 0.250. The van der Waals surface area contributed by atoms with Crippen LogP contribution in [0.25, 0.3) is 28.0 Å². The SMILES string of the molecule is CCCc1nc2c(c(=O)[nH]c(=O)n2CC)n1Cc1ccc(-c2ccccc2-n2cnnn2)cc1. The van der Waals surface area contributed by atoms with Crippen molar-refractivity contribution in [3.05, 3.63) is 87.1 Å². The highest BCUT2D eigenvalue weighted by atomic mass is 16.2. The molecule has 3 aromatic heterocycles. The van der Waals surface area contributed by atoms with E-state index in [0.29, 0.717) is 30.7 Å². The van der Waals surface area contributed by atoms with Crippen molar-refractivity contribution >= 4 is 11.2 Å². The number of hydrogen-bond donors (Lipinski definition) is 1. The predicted molar refractivity (Wildman–Crippen MR) is 128 cm³/mol. The number of para-hydroxylation sites is 1. The summed E-state index contributed by atoms with van der Waals surface area (Å²) in [7, 11) is 0. The van der Waals surface area contributed by atoms with Crippen LogP contribution >= 0.6 is 0 Å². The molecular weight excluding hydrogens is 432 g/mol. The molecule has 0 aliphatic carbocycles. The first-order valence-electron chi connectivity index (χ1n) is 11.2. The van der Waals surface area contributed by atoms with Crippen molar-refractivity contribution in [3.63, 3.8) is 0 Å². The first-order valence-corrected chi connectivity index (χ1v) is 11.2. The van der Waals surface area contributed by atoms with Gasteiger partial charge in [-0.05, 0) is 41.0 Å². The summed E-state index contributed by atoms with van der Waals surface area (Å²) >= 11 is 0. The predicted octanol–water partition coefficient (Wildman–Crippen LogP) is 2.55. The molecule has 0 fully saturated rings. The molecule has 0 saturated carbocycles. The molecule has 0 unspecified atom stereocenters. The van der Waals surface area contributed by atoms with Gasteiger partial charge in [0.2, 0.25) is 0 Å². The second kappa shape index (κ2) is 8.89. The Bertz CT molecular complexity index is 1560. The third-order valence-corrected chi connectivity index (χ3v) is 5.86. The fourth-order valence-corrected chi connectivity index (χ4v) is 4.26. The highest BCUT2D eigenvalue weighted by Gasteiger charge is 2.18. The molecule has 0 aliphatic rings. The van der Waals surface area contributed by atoms with E-state index in [1.807, 2.05) is 60.0 Å². The van der Waals surface area contributed by atoms with E-state index < -0.39 is 11.2 Å². The monoisotopic (exact) mass is 456 g/mol. The van der Waals surface area contributed by atoms with Crippen molar-refractivity contribution in [2.24, 2.45) is 0 Å². The molecule has 5 rings (SSSR count). The van der Waals surface area contributed by atoms with Gasteiger partial charge in [-0.2, -0.15) is 4.68 Å². The Balaban J connectivity index is 1.55. The first-order chi connectivity index (χ1) is 16.6. The summed E-state index contributed by atoms with van der Waals surface area (Å²) < 4.78 is 5.07. The van der Waals surface area contributed by atoms with Gasteiger partial charge in [0.1, 0.15) is 12.2 Å². The minimum absolute atomic E-state index is 0.411. The third kappa shape index (κ3) is 3.72. The summed E-state index contributed by atoms with van der Waals surface area (Å²) in [6, 6.07) is 16.1. The molecule has 34 heavy (non-hydrogen) atoms. The lowest BCUT2D eigenvalue weighted by Gasteiger charge is -2.11. The van der Waals surface area contributed by atoms with E-state index in [4.69, 9.17) is 0 Å². The smallest absolute Gasteiger partial charge is 0.318 e. The Morgan fingerprint density at radius 2 is 1.76 bits per heavy atom. The van der Waals surface area contributed by atoms with E-state index in [-0.39, 0.29) is 0 Å². The Morgan fingerprint density at radius 3 is 2.47 bits per heavy atom. The summed E-state index contributed by atoms with van der Waals surface area (Å²) in [5.74, 6) is 0.795. The molecular formula is C24H24N8O2. The van der Waals surface area contributed by atoms with Crippen LogP contribution in [0.5, 0.6) is 0 Å². The van der Waals surface area contributed by atoms with Crippen LogP contribution < -0.4 is 11.2 Å². The topological polar surface area (TPSA) is 116 Å². The molecule has 0 radical (unpaired) electrons. The first kappa shape index (κ1) is 21.5. The van der Waals surface area contributed by atoms with E-state index >= 15 is 0 Å². The van der Waals surface area contributed by atoms with Crippen molar-refractivity contribution in [1.29, 1.82) is 0 Å². The molecule has 0 atom stereocenters. The molecule has 0 bridgehead atoms. The summed E-state index contributed by atoms with van der Waals surface area (Å²) in [5, 5.41) is 11.5. The molecule has 5 aromatic rings. The number of aromatic amines is 1. The maximum Gasteiger partial charge on any atom is 0.330 e. The Labute approximate surface area is 194 Å². The van der Waals surface area contributed by atoms with Crippen molar-refractivity contribution < 1.29 is 0 Å². The number of hydrogen-bond acceptors (Lipinski definition) is 6. The molecule has 3 heterocycles. The average molecular weight is 457 g/mol. The zero-order chi connectivity index (χ0) is 23.7. The number of aromatic nitrogens is 8. The number of fused-ring (bicyclic) bond motifs is 1. The molecule has 10 heteroatoms. The summed E-state index contributed by atoms with van der Waals surface area (Å²) in [6.45, 7) is 4.84. The zero-order valence-corrected chi connectivity index (χ0v) is 19.0. The lowest BCUT2D eigenvalue weighted by molar-refractivity contribution is 0.717. The van der Waals surface area contributed by atoms with Gasteiger partial charge in [-0.1, -0.05) is 49.4 Å². The second-order valence-electron chi connectivity index (χ2n) is 8.01. The Kier molecular flexibility index (Phi) is 5.62. The maximum atomic E-state index is 12.7. The van der Waals surface area contributed by atoms with Crippen LogP contribution in [0.2, 0.25) is 0 Å². The quantitative estimate of drug-likeness (QED) is 0.402. The van der Waals surface area contributed by atoms with Gasteiger partial charge in [-0.25, -0.2) is 9.78 Å². The van der Waals surface area contributed by atoms with Gasteiger partial charge in [0.05, 0.1) is 5.69 Å². The normalized spacial score (nSPS) is 11.4. The molecule has 0 aliphatic heterocycles. The summed E-state index contributed by atoms with van der Waals surface area (Å²) in [5.41, 5.74) is 3.96. The highest BCUT2D eigenvalue weighted by Crippen LogP contribution is 2.27. The largest absolute Gasteiger partial charge is 0.330 e. The number of H-pyrrole nitrogens is 1. The molecule has 2 aromatic carbocycles. The highest BCUT2D eigenvalue weighted by molar-refractivity contribution is 5.73. The van der Waals surface area contributed by atoms with Gasteiger partial charge in [-0.3, -0.25) is 14.3 Å². The van der Waals surface area contributed by atoms with Crippen LogP contribution in [0.3, 0.4) is 0 Å². The van der Waals surface area contributed by atoms with Gasteiger partial charge in [0.15, 0.2) is 11.2 Å². The van der Waals surface area contributed by atoms with Gasteiger partial charge in [-0.15, -0.1) is 5.10 Å². The number of imidazole rings is 1. The van der Waals surface area contributed by atoms with E-state index in [1.54, 1.807) is 11.0 Å². The van der Waals surface area contributed by atoms with Gasteiger partial charge < -0.3 is 4.57 Å². The number of benzene rings is 2. The minimum Gasteiger partial charge on any atom is -0.318 e. The second-order valence-corrected chi connectivity index (χ2v) is 8.01. The molecule has 1 N–H and O–H groups in total. The standard InChI is InChI=1S/C24H24N8O2/c1-3-7-20-26-22-21(23(33)27-24(34)30(22)4-2)31(20)14-16-10-12-17(13-11-16)18-8-5-6-9-19(18)32-15-25-28-29-32/h5-6,8-13,15H,3-4,7,14H2,1-2H3,(H,27,33,34). The molecule has 172 valence electrons. The van der Waals surface area contributed by atoms with E-state index in [1.165, 1.54) is 4.57 Å². The molecule has 0 spiro atoms. The zero-order valence-electron chi connectivity index (χ0n) is 19.0. The fourth-order valence-electron chi connectivity index (χ4n) is 4.26. The Hall–Kier alpha value is -4.34. The van der Waals surface area contributed by atoms with E-state index in [2.05, 4.69) is 32.4 Å². The number of nitrogens with zero attached hydrogens (tertiary/aromatic N) is 7. The van der Waals surface area contributed by atoms with E-state index in [9.17, 15) is 9.59 Å². The lowest BCUT2D eigenvalue weighted by atomic mass is 10.0. The van der Waals surface area contributed by atoms with Crippen molar-refractivity contribution in [1.82, 2.24) is 39.3 Å². The van der Waals surface area contributed by atoms with Crippen LogP contribution in [-0.2, 0) is 19.5 Å². The van der Waals surface area contributed by atoms with Gasteiger partial charge in [0.25, 0.3) is 5.56 Å². The van der Waals surface area contributed by atoms with Crippen LogP contribution in [-0.4, -0.2) is 39.3 Å². The number of tetrazole rings is 1. The van der Waals surface area contributed by atoms with Gasteiger partial charge in [0, 0.05) is 25.1 Å². The summed E-state index contributed by atoms with van der Waals surface area (Å²) in [4.78, 5) is 32.1. The molecule has 10 nitrogen and oxygen atoms in total. The molecule has 0 amide bonds. The minimum atomic E-state index is -0.432. The average Bonchev–Trinajstić information content (AvgIpc) is 3.49. The van der Waals surface area contributed by atoms with Crippen molar-refractivity contribution in [2.45, 2.75) is 39.8 Å². The van der Waals surface area contributed by atoms with Crippen LogP contribution in [0, 0.1) is 0 Å². The van der Waals surface area contributed by atoms with E-state index in [0.717, 1.165) is 34.6 Å². The number of aryl methyl sites for hydroxylation is 2. The Morgan fingerprint density at radius 1 is 0.971 bits per heavy atom. The van der Waals surface area contributed by atoms with Crippen LogP contribution in [0.4, 0.5) is 0 Å². The van der Waals surface area contributed by atoms with Crippen LogP contribution in [0.1, 0.15) is 31.7 Å².